The van der Waals surface area contributed by atoms with Crippen LogP contribution in [0.4, 0.5) is 20.2 Å². The Bertz CT molecular complexity index is 510. The fourth-order valence-corrected chi connectivity index (χ4v) is 2.85. The van der Waals surface area contributed by atoms with E-state index in [0.717, 1.165) is 25.3 Å². The van der Waals surface area contributed by atoms with Crippen LogP contribution in [0.15, 0.2) is 12.1 Å². The molecule has 1 aromatic carbocycles. The third-order valence-electron chi connectivity index (χ3n) is 3.81. The van der Waals surface area contributed by atoms with Gasteiger partial charge < -0.3 is 10.6 Å². The van der Waals surface area contributed by atoms with Crippen molar-refractivity contribution in [3.05, 3.63) is 23.8 Å². The van der Waals surface area contributed by atoms with Gasteiger partial charge in [0, 0.05) is 6.07 Å². The lowest BCUT2D eigenvalue weighted by Crippen LogP contribution is -2.53. The minimum absolute atomic E-state index is 0.0533. The fraction of sp³-hybridized carbons (Fsp3) is 0.462. The zero-order valence-corrected chi connectivity index (χ0v) is 9.85. The maximum absolute atomic E-state index is 13.6. The molecule has 3 rings (SSSR count). The Balaban J connectivity index is 2.02. The molecule has 2 N–H and O–H groups in total. The fourth-order valence-electron chi connectivity index (χ4n) is 2.85. The summed E-state index contributed by atoms with van der Waals surface area (Å²) in [5, 5.41) is 5.62. The van der Waals surface area contributed by atoms with Gasteiger partial charge in [-0.05, 0) is 18.9 Å². The standard InChI is InChI=1S/C13H14F2N2O/c14-8-6-9(15)11-10(7-8)17-13(12(18)16-11)4-2-1-3-5-13/h6-7,17H,1-5H2,(H,16,18). The van der Waals surface area contributed by atoms with Crippen LogP contribution in [0.3, 0.4) is 0 Å². The minimum atomic E-state index is -0.739. The van der Waals surface area contributed by atoms with Gasteiger partial charge in [0.25, 0.3) is 0 Å². The zero-order chi connectivity index (χ0) is 12.8. The first-order valence-electron chi connectivity index (χ1n) is 6.19. The van der Waals surface area contributed by atoms with Gasteiger partial charge in [-0.1, -0.05) is 19.3 Å². The molecule has 1 saturated carbocycles. The van der Waals surface area contributed by atoms with Gasteiger partial charge in [-0.3, -0.25) is 4.79 Å². The van der Waals surface area contributed by atoms with Crippen LogP contribution in [0.1, 0.15) is 32.1 Å². The van der Waals surface area contributed by atoms with Gasteiger partial charge >= 0.3 is 0 Å². The maximum atomic E-state index is 13.6. The highest BCUT2D eigenvalue weighted by atomic mass is 19.1. The van der Waals surface area contributed by atoms with Gasteiger partial charge in [0.05, 0.1) is 5.69 Å². The highest BCUT2D eigenvalue weighted by Crippen LogP contribution is 2.40. The molecule has 0 aromatic heterocycles. The minimum Gasteiger partial charge on any atom is -0.369 e. The molecule has 1 aromatic rings. The topological polar surface area (TPSA) is 41.1 Å². The number of nitrogens with one attached hydrogen (secondary N) is 2. The van der Waals surface area contributed by atoms with Crippen LogP contribution < -0.4 is 10.6 Å². The largest absolute Gasteiger partial charge is 0.369 e. The number of carbonyl (C=O) groups excluding carboxylic acids is 1. The van der Waals surface area contributed by atoms with Gasteiger partial charge in [-0.25, -0.2) is 8.78 Å². The highest BCUT2D eigenvalue weighted by Gasteiger charge is 2.43. The lowest BCUT2D eigenvalue weighted by atomic mass is 9.79. The van der Waals surface area contributed by atoms with Crippen molar-refractivity contribution in [1.29, 1.82) is 0 Å². The van der Waals surface area contributed by atoms with Crippen molar-refractivity contribution in [3.63, 3.8) is 0 Å². The van der Waals surface area contributed by atoms with Crippen molar-refractivity contribution >= 4 is 17.3 Å². The Hall–Kier alpha value is -1.65. The first kappa shape index (κ1) is 11.4. The van der Waals surface area contributed by atoms with Crippen molar-refractivity contribution in [2.45, 2.75) is 37.6 Å². The number of halogens is 2. The van der Waals surface area contributed by atoms with E-state index in [1.807, 2.05) is 0 Å². The van der Waals surface area contributed by atoms with Gasteiger partial charge in [-0.2, -0.15) is 0 Å². The van der Waals surface area contributed by atoms with Gasteiger partial charge in [-0.15, -0.1) is 0 Å². The summed E-state index contributed by atoms with van der Waals surface area (Å²) in [7, 11) is 0. The van der Waals surface area contributed by atoms with Crippen LogP contribution in [0.2, 0.25) is 0 Å². The third-order valence-corrected chi connectivity index (χ3v) is 3.81. The Morgan fingerprint density at radius 1 is 1.11 bits per heavy atom. The van der Waals surface area contributed by atoms with E-state index in [-0.39, 0.29) is 11.6 Å². The molecule has 18 heavy (non-hydrogen) atoms. The smallest absolute Gasteiger partial charge is 0.250 e. The molecule has 0 radical (unpaired) electrons. The molecule has 1 amide bonds. The summed E-state index contributed by atoms with van der Waals surface area (Å²) >= 11 is 0. The van der Waals surface area contributed by atoms with Crippen molar-refractivity contribution in [1.82, 2.24) is 0 Å². The highest BCUT2D eigenvalue weighted by molar-refractivity contribution is 6.06. The van der Waals surface area contributed by atoms with Gasteiger partial charge in [0.1, 0.15) is 17.0 Å². The van der Waals surface area contributed by atoms with E-state index < -0.39 is 17.2 Å². The lowest BCUT2D eigenvalue weighted by Gasteiger charge is -2.41. The summed E-state index contributed by atoms with van der Waals surface area (Å²) in [6.07, 6.45) is 4.41. The molecule has 1 heterocycles. The molecule has 1 spiro atoms. The number of carbonyl (C=O) groups is 1. The van der Waals surface area contributed by atoms with Crippen LogP contribution in [0.25, 0.3) is 0 Å². The molecule has 1 fully saturated rings. The van der Waals surface area contributed by atoms with Crippen molar-refractivity contribution < 1.29 is 13.6 Å². The summed E-state index contributed by atoms with van der Waals surface area (Å²) in [4.78, 5) is 12.1. The van der Waals surface area contributed by atoms with Crippen LogP contribution in [0.5, 0.6) is 0 Å². The second-order valence-corrected chi connectivity index (χ2v) is 5.03. The first-order valence-corrected chi connectivity index (χ1v) is 6.19. The molecule has 1 aliphatic heterocycles. The van der Waals surface area contributed by atoms with Crippen molar-refractivity contribution in [2.75, 3.05) is 10.6 Å². The second kappa shape index (κ2) is 3.93. The van der Waals surface area contributed by atoms with Gasteiger partial charge in [0.15, 0.2) is 5.82 Å². The molecule has 3 nitrogen and oxygen atoms in total. The summed E-state index contributed by atoms with van der Waals surface area (Å²) in [6.45, 7) is 0. The SMILES string of the molecule is O=C1Nc2c(F)cc(F)cc2NC12CCCCC2. The summed E-state index contributed by atoms with van der Waals surface area (Å²) < 4.78 is 26.8. The Morgan fingerprint density at radius 2 is 1.83 bits per heavy atom. The monoisotopic (exact) mass is 252 g/mol. The molecule has 5 heteroatoms. The van der Waals surface area contributed by atoms with E-state index in [9.17, 15) is 13.6 Å². The van der Waals surface area contributed by atoms with E-state index in [0.29, 0.717) is 18.5 Å². The quantitative estimate of drug-likeness (QED) is 0.745. The third kappa shape index (κ3) is 1.65. The number of amides is 1. The Kier molecular flexibility index (Phi) is 2.50. The molecular formula is C13H14F2N2O. The Morgan fingerprint density at radius 3 is 2.56 bits per heavy atom. The maximum Gasteiger partial charge on any atom is 0.250 e. The molecule has 0 saturated heterocycles. The summed E-state index contributed by atoms with van der Waals surface area (Å²) in [5.41, 5.74) is -0.294. The van der Waals surface area contributed by atoms with E-state index in [4.69, 9.17) is 0 Å². The van der Waals surface area contributed by atoms with Crippen LogP contribution in [-0.4, -0.2) is 11.4 Å². The summed E-state index contributed by atoms with van der Waals surface area (Å²) in [5.74, 6) is -1.59. The predicted octanol–water partition coefficient (Wildman–Crippen LogP) is 3.03. The molecular weight excluding hydrogens is 238 g/mol. The molecule has 0 atom stereocenters. The average Bonchev–Trinajstić information content (AvgIpc) is 2.33. The number of hydrogen-bond acceptors (Lipinski definition) is 2. The number of rotatable bonds is 0. The first-order chi connectivity index (χ1) is 8.61. The normalized spacial score (nSPS) is 21.1. The molecule has 1 aliphatic carbocycles. The van der Waals surface area contributed by atoms with Crippen LogP contribution >= 0.6 is 0 Å². The van der Waals surface area contributed by atoms with Crippen molar-refractivity contribution in [2.24, 2.45) is 0 Å². The van der Waals surface area contributed by atoms with Crippen molar-refractivity contribution in [3.8, 4) is 0 Å². The average molecular weight is 252 g/mol. The number of fused-ring (bicyclic) bond motifs is 1. The number of anilines is 2. The molecule has 0 bridgehead atoms. The van der Waals surface area contributed by atoms with Crippen LogP contribution in [-0.2, 0) is 4.79 Å². The molecule has 2 aliphatic rings. The molecule has 0 unspecified atom stereocenters. The molecule has 96 valence electrons. The number of hydrogen-bond donors (Lipinski definition) is 2. The van der Waals surface area contributed by atoms with E-state index in [1.165, 1.54) is 6.07 Å². The van der Waals surface area contributed by atoms with E-state index in [2.05, 4.69) is 10.6 Å². The van der Waals surface area contributed by atoms with Crippen LogP contribution in [0, 0.1) is 11.6 Å². The second-order valence-electron chi connectivity index (χ2n) is 5.03. The number of benzene rings is 1. The van der Waals surface area contributed by atoms with Gasteiger partial charge in [0.2, 0.25) is 5.91 Å². The Labute approximate surface area is 104 Å². The van der Waals surface area contributed by atoms with E-state index >= 15 is 0 Å². The predicted molar refractivity (Wildman–Crippen MR) is 64.4 cm³/mol. The zero-order valence-electron chi connectivity index (χ0n) is 9.85. The van der Waals surface area contributed by atoms with E-state index in [1.54, 1.807) is 0 Å². The summed E-state index contributed by atoms with van der Waals surface area (Å²) in [6, 6.07) is 2.01. The lowest BCUT2D eigenvalue weighted by molar-refractivity contribution is -0.121.